The summed E-state index contributed by atoms with van der Waals surface area (Å²) in [4.78, 5) is 11.7. The van der Waals surface area contributed by atoms with Crippen LogP contribution in [-0.4, -0.2) is 76.9 Å². The molecule has 1 saturated heterocycles. The fourth-order valence-electron chi connectivity index (χ4n) is 4.32. The number of nitrogens with one attached hydrogen (secondary N) is 1. The Balaban J connectivity index is 0.00000342. The van der Waals surface area contributed by atoms with Crippen LogP contribution in [0.1, 0.15) is 20.8 Å². The molecule has 1 fully saturated rings. The molecule has 9 heteroatoms. The van der Waals surface area contributed by atoms with E-state index in [4.69, 9.17) is 0 Å². The summed E-state index contributed by atoms with van der Waals surface area (Å²) in [7, 11) is 0. The molecule has 2 aromatic carbocycles. The highest BCUT2D eigenvalue weighted by atomic mass is 19.1. The van der Waals surface area contributed by atoms with E-state index in [1.54, 1.807) is 0 Å². The van der Waals surface area contributed by atoms with Crippen LogP contribution >= 0.6 is 0 Å². The molecule has 1 aromatic heterocycles. The highest BCUT2D eigenvalue weighted by Gasteiger charge is 2.18. The molecule has 1 aliphatic rings. The Labute approximate surface area is 201 Å². The molecule has 1 aliphatic heterocycles. The van der Waals surface area contributed by atoms with Gasteiger partial charge in [0.05, 0.1) is 5.69 Å². The van der Waals surface area contributed by atoms with Crippen molar-refractivity contribution in [2.24, 2.45) is 0 Å². The van der Waals surface area contributed by atoms with Crippen molar-refractivity contribution in [3.05, 3.63) is 59.9 Å². The highest BCUT2D eigenvalue weighted by molar-refractivity contribution is 5.64. The molecule has 1 N–H and O–H groups in total. The van der Waals surface area contributed by atoms with Gasteiger partial charge in [0.1, 0.15) is 18.0 Å². The lowest BCUT2D eigenvalue weighted by Gasteiger charge is -2.37. The molecular weight excluding hydrogens is 436 g/mol. The molecule has 0 amide bonds. The second-order valence-corrected chi connectivity index (χ2v) is 8.68. The zero-order valence-corrected chi connectivity index (χ0v) is 20.1. The molecular formula is C25H35F2N7. The molecule has 0 unspecified atom stereocenters. The standard InChI is InChI=1S/C25H33F2N7.H2/c1-4-31(5-2)6-7-32-8-10-33(11-9-32)23-13-19(3)12-22(17-23)29-25-28-18-34(30-25)24-15-20(26)14-21(27)16-24;/h12-18H,4-11H2,1-3H3,(H,29,30);1H. The maximum Gasteiger partial charge on any atom is 0.246 e. The molecule has 34 heavy (non-hydrogen) atoms. The summed E-state index contributed by atoms with van der Waals surface area (Å²) in [5, 5.41) is 7.55. The van der Waals surface area contributed by atoms with Crippen LogP contribution in [0.3, 0.4) is 0 Å². The maximum absolute atomic E-state index is 13.5. The highest BCUT2D eigenvalue weighted by Crippen LogP contribution is 2.25. The predicted molar refractivity (Wildman–Crippen MR) is 134 cm³/mol. The van der Waals surface area contributed by atoms with E-state index in [0.717, 1.165) is 75.4 Å². The number of likely N-dealkylation sites (N-methyl/N-ethyl adjacent to an activating group) is 1. The Morgan fingerprint density at radius 2 is 1.65 bits per heavy atom. The van der Waals surface area contributed by atoms with Crippen molar-refractivity contribution in [1.82, 2.24) is 24.6 Å². The Morgan fingerprint density at radius 3 is 2.32 bits per heavy atom. The minimum Gasteiger partial charge on any atom is -0.369 e. The number of aromatic nitrogens is 3. The van der Waals surface area contributed by atoms with Crippen LogP contribution in [0.25, 0.3) is 5.69 Å². The minimum atomic E-state index is -0.656. The topological polar surface area (TPSA) is 52.5 Å². The lowest BCUT2D eigenvalue weighted by molar-refractivity contribution is 0.206. The summed E-state index contributed by atoms with van der Waals surface area (Å²) in [6.45, 7) is 15.0. The number of hydrogen-bond donors (Lipinski definition) is 1. The SMILES string of the molecule is CCN(CC)CCN1CCN(c2cc(C)cc(Nc3ncn(-c4cc(F)cc(F)c4)n3)c2)CC1.[HH]. The Hall–Kier alpha value is -3.04. The number of rotatable bonds is 9. The van der Waals surface area contributed by atoms with Gasteiger partial charge < -0.3 is 15.1 Å². The van der Waals surface area contributed by atoms with Crippen LogP contribution < -0.4 is 10.2 Å². The van der Waals surface area contributed by atoms with Crippen molar-refractivity contribution in [3.8, 4) is 5.69 Å². The third-order valence-electron chi connectivity index (χ3n) is 6.29. The zero-order chi connectivity index (χ0) is 24.1. The van der Waals surface area contributed by atoms with Crippen molar-refractivity contribution in [2.45, 2.75) is 20.8 Å². The van der Waals surface area contributed by atoms with Gasteiger partial charge in [0.25, 0.3) is 0 Å². The van der Waals surface area contributed by atoms with Crippen LogP contribution in [0.5, 0.6) is 0 Å². The van der Waals surface area contributed by atoms with E-state index >= 15 is 0 Å². The molecule has 7 nitrogen and oxygen atoms in total. The van der Waals surface area contributed by atoms with Crippen molar-refractivity contribution in [1.29, 1.82) is 0 Å². The summed E-state index contributed by atoms with van der Waals surface area (Å²) in [5.74, 6) is -0.949. The molecule has 2 heterocycles. The van der Waals surface area contributed by atoms with Crippen molar-refractivity contribution >= 4 is 17.3 Å². The first-order valence-corrected chi connectivity index (χ1v) is 11.9. The van der Waals surface area contributed by atoms with Gasteiger partial charge in [-0.15, -0.1) is 5.10 Å². The third-order valence-corrected chi connectivity index (χ3v) is 6.29. The van der Waals surface area contributed by atoms with Gasteiger partial charge in [-0.05, 0) is 55.9 Å². The summed E-state index contributed by atoms with van der Waals surface area (Å²) in [5.41, 5.74) is 3.46. The number of halogens is 2. The maximum atomic E-state index is 13.5. The van der Waals surface area contributed by atoms with Gasteiger partial charge in [0.15, 0.2) is 0 Å². The fraction of sp³-hybridized carbons (Fsp3) is 0.440. The second-order valence-electron chi connectivity index (χ2n) is 8.68. The van der Waals surface area contributed by atoms with Crippen LogP contribution in [0.2, 0.25) is 0 Å². The van der Waals surface area contributed by atoms with E-state index in [-0.39, 0.29) is 7.11 Å². The van der Waals surface area contributed by atoms with Gasteiger partial charge in [0.2, 0.25) is 5.95 Å². The van der Waals surface area contributed by atoms with Gasteiger partial charge >= 0.3 is 0 Å². The Kier molecular flexibility index (Phi) is 7.74. The first-order chi connectivity index (χ1) is 16.4. The van der Waals surface area contributed by atoms with Crippen LogP contribution in [-0.2, 0) is 0 Å². The smallest absolute Gasteiger partial charge is 0.246 e. The monoisotopic (exact) mass is 471 g/mol. The van der Waals surface area contributed by atoms with Crippen molar-refractivity contribution in [3.63, 3.8) is 0 Å². The van der Waals surface area contributed by atoms with E-state index in [0.29, 0.717) is 5.95 Å². The normalized spacial score (nSPS) is 14.7. The van der Waals surface area contributed by atoms with E-state index in [1.165, 1.54) is 23.1 Å². The fourth-order valence-corrected chi connectivity index (χ4v) is 4.32. The molecule has 0 radical (unpaired) electrons. The van der Waals surface area contributed by atoms with Gasteiger partial charge in [0, 0.05) is 58.1 Å². The Morgan fingerprint density at radius 1 is 0.941 bits per heavy atom. The number of piperazine rings is 1. The van der Waals surface area contributed by atoms with Crippen molar-refractivity contribution in [2.75, 3.05) is 62.6 Å². The lowest BCUT2D eigenvalue weighted by Crippen LogP contribution is -2.48. The molecule has 0 aliphatic carbocycles. The zero-order valence-electron chi connectivity index (χ0n) is 20.1. The summed E-state index contributed by atoms with van der Waals surface area (Å²) in [6.07, 6.45) is 1.44. The van der Waals surface area contributed by atoms with E-state index in [2.05, 4.69) is 63.0 Å². The second kappa shape index (κ2) is 10.9. The number of anilines is 3. The van der Waals surface area contributed by atoms with Gasteiger partial charge in [-0.1, -0.05) is 13.8 Å². The van der Waals surface area contributed by atoms with Gasteiger partial charge in [-0.25, -0.2) is 13.5 Å². The van der Waals surface area contributed by atoms with E-state index in [9.17, 15) is 8.78 Å². The lowest BCUT2D eigenvalue weighted by atomic mass is 10.1. The number of benzene rings is 2. The summed E-state index contributed by atoms with van der Waals surface area (Å²) in [6, 6.07) is 9.59. The number of nitrogens with zero attached hydrogens (tertiary/aromatic N) is 6. The average Bonchev–Trinajstić information content (AvgIpc) is 3.28. The predicted octanol–water partition coefficient (Wildman–Crippen LogP) is 4.31. The number of aryl methyl sites for hydroxylation is 1. The molecule has 0 bridgehead atoms. The molecule has 3 aromatic rings. The van der Waals surface area contributed by atoms with Crippen LogP contribution in [0.15, 0.2) is 42.7 Å². The van der Waals surface area contributed by atoms with Gasteiger partial charge in [-0.2, -0.15) is 4.98 Å². The first kappa shape index (κ1) is 24.1. The van der Waals surface area contributed by atoms with E-state index < -0.39 is 11.6 Å². The molecule has 0 spiro atoms. The molecule has 184 valence electrons. The minimum absolute atomic E-state index is 0. The van der Waals surface area contributed by atoms with Gasteiger partial charge in [-0.3, -0.25) is 4.90 Å². The largest absolute Gasteiger partial charge is 0.369 e. The summed E-state index contributed by atoms with van der Waals surface area (Å²) >= 11 is 0. The van der Waals surface area contributed by atoms with Crippen molar-refractivity contribution < 1.29 is 10.2 Å². The first-order valence-electron chi connectivity index (χ1n) is 11.9. The number of hydrogen-bond acceptors (Lipinski definition) is 6. The average molecular weight is 472 g/mol. The van der Waals surface area contributed by atoms with Crippen LogP contribution in [0.4, 0.5) is 26.1 Å². The van der Waals surface area contributed by atoms with E-state index in [1.807, 2.05) is 6.07 Å². The molecule has 0 atom stereocenters. The van der Waals surface area contributed by atoms with Crippen LogP contribution in [0, 0.1) is 18.6 Å². The molecule has 4 rings (SSSR count). The Bertz CT molecular complexity index is 1070. The summed E-state index contributed by atoms with van der Waals surface area (Å²) < 4.78 is 28.4. The molecule has 0 saturated carbocycles. The third kappa shape index (κ3) is 6.09. The quantitative estimate of drug-likeness (QED) is 0.502.